The molecule has 0 saturated heterocycles. The van der Waals surface area contributed by atoms with E-state index in [1.165, 1.54) is 21.8 Å². The number of sulfonamides is 1. The normalized spacial score (nSPS) is 17.8. The van der Waals surface area contributed by atoms with Gasteiger partial charge >= 0.3 is 0 Å². The van der Waals surface area contributed by atoms with Crippen LogP contribution in [0.3, 0.4) is 0 Å². The highest BCUT2D eigenvalue weighted by Crippen LogP contribution is 2.39. The maximum absolute atomic E-state index is 13.1. The fraction of sp³-hybridized carbons (Fsp3) is 0.278. The number of carbonyl (C=O) groups excluding carboxylic acids is 1. The topological polar surface area (TPSA) is 66.5 Å². The molecule has 0 radical (unpaired) electrons. The van der Waals surface area contributed by atoms with E-state index in [9.17, 15) is 13.2 Å². The highest BCUT2D eigenvalue weighted by atomic mass is 32.2. The third kappa shape index (κ3) is 3.34. The van der Waals surface area contributed by atoms with Crippen LogP contribution in [0.1, 0.15) is 34.6 Å². The highest BCUT2D eigenvalue weighted by Gasteiger charge is 2.41. The molecule has 0 saturated carbocycles. The van der Waals surface area contributed by atoms with Gasteiger partial charge in [0.05, 0.1) is 12.2 Å². The van der Waals surface area contributed by atoms with Crippen molar-refractivity contribution in [2.45, 2.75) is 33.4 Å². The van der Waals surface area contributed by atoms with E-state index in [1.807, 2.05) is 45.0 Å². The Morgan fingerprint density at radius 1 is 1.20 bits per heavy atom. The first kappa shape index (κ1) is 17.7. The van der Waals surface area contributed by atoms with Crippen molar-refractivity contribution in [3.8, 4) is 0 Å². The van der Waals surface area contributed by atoms with Crippen LogP contribution in [-0.2, 0) is 16.6 Å². The number of rotatable bonds is 4. The number of aryl methyl sites for hydroxylation is 1. The summed E-state index contributed by atoms with van der Waals surface area (Å²) in [6, 6.07) is 9.43. The number of nitrogens with one attached hydrogen (secondary N) is 1. The number of hydrogen-bond donors (Lipinski definition) is 1. The molecule has 2 heterocycles. The van der Waals surface area contributed by atoms with E-state index in [4.69, 9.17) is 0 Å². The zero-order chi connectivity index (χ0) is 18.2. The molecule has 7 heteroatoms. The van der Waals surface area contributed by atoms with Crippen LogP contribution < -0.4 is 9.62 Å². The number of ketones is 1. The number of allylic oxidation sites excluding steroid dienone is 1. The second-order valence-electron chi connectivity index (χ2n) is 6.29. The molecule has 0 unspecified atom stereocenters. The number of thiophene rings is 1. The van der Waals surface area contributed by atoms with Crippen molar-refractivity contribution in [1.82, 2.24) is 5.32 Å². The lowest BCUT2D eigenvalue weighted by atomic mass is 10.1. The number of carbonyl (C=O) groups is 1. The lowest BCUT2D eigenvalue weighted by Gasteiger charge is -2.29. The maximum atomic E-state index is 13.1. The summed E-state index contributed by atoms with van der Waals surface area (Å²) in [7, 11) is -3.91. The second-order valence-corrected chi connectivity index (χ2v) is 9.04. The minimum atomic E-state index is -3.91. The molecule has 132 valence electrons. The van der Waals surface area contributed by atoms with E-state index in [1.54, 1.807) is 11.4 Å². The van der Waals surface area contributed by atoms with Gasteiger partial charge in [-0.1, -0.05) is 29.8 Å². The third-order valence-corrected chi connectivity index (χ3v) is 6.57. The Bertz CT molecular complexity index is 925. The Hall–Kier alpha value is -2.12. The number of nitrogens with zero attached hydrogens (tertiary/aromatic N) is 1. The molecule has 3 rings (SSSR count). The van der Waals surface area contributed by atoms with Crippen molar-refractivity contribution in [2.75, 3.05) is 4.31 Å². The molecular formula is C18H20N2O3S2. The summed E-state index contributed by atoms with van der Waals surface area (Å²) in [5.74, 6) is -0.446. The Morgan fingerprint density at radius 3 is 2.52 bits per heavy atom. The molecule has 2 aromatic rings. The van der Waals surface area contributed by atoms with Gasteiger partial charge < -0.3 is 5.32 Å². The smallest absolute Gasteiger partial charge is 0.270 e. The molecule has 1 N–H and O–H groups in total. The number of fused-ring (bicyclic) bond motifs is 1. The van der Waals surface area contributed by atoms with Crippen LogP contribution in [0.4, 0.5) is 5.69 Å². The minimum Gasteiger partial charge on any atom is -0.387 e. The summed E-state index contributed by atoms with van der Waals surface area (Å²) < 4.78 is 27.5. The van der Waals surface area contributed by atoms with E-state index >= 15 is 0 Å². The first-order valence-electron chi connectivity index (χ1n) is 7.97. The van der Waals surface area contributed by atoms with Crippen molar-refractivity contribution in [1.29, 1.82) is 0 Å². The third-order valence-electron chi connectivity index (χ3n) is 3.91. The van der Waals surface area contributed by atoms with Gasteiger partial charge in [0.2, 0.25) is 5.78 Å². The molecule has 0 spiro atoms. The van der Waals surface area contributed by atoms with Gasteiger partial charge in [-0.05, 0) is 37.8 Å². The van der Waals surface area contributed by atoms with Crippen molar-refractivity contribution in [3.63, 3.8) is 0 Å². The molecule has 0 bridgehead atoms. The lowest BCUT2D eigenvalue weighted by molar-refractivity contribution is 0.104. The van der Waals surface area contributed by atoms with Gasteiger partial charge in [0, 0.05) is 12.2 Å². The zero-order valence-corrected chi connectivity index (χ0v) is 15.9. The fourth-order valence-electron chi connectivity index (χ4n) is 2.56. The van der Waals surface area contributed by atoms with Gasteiger partial charge in [-0.3, -0.25) is 9.10 Å². The number of anilines is 1. The molecule has 1 aromatic carbocycles. The molecule has 0 fully saturated rings. The predicted octanol–water partition coefficient (Wildman–Crippen LogP) is 3.43. The molecule has 1 aliphatic heterocycles. The van der Waals surface area contributed by atoms with Gasteiger partial charge in [0.15, 0.2) is 4.91 Å². The molecule has 0 aliphatic carbocycles. The van der Waals surface area contributed by atoms with Gasteiger partial charge in [0.1, 0.15) is 4.88 Å². The Balaban J connectivity index is 2.07. The van der Waals surface area contributed by atoms with Crippen LogP contribution in [0.25, 0.3) is 0 Å². The van der Waals surface area contributed by atoms with Crippen LogP contribution in [-0.4, -0.2) is 20.2 Å². The van der Waals surface area contributed by atoms with E-state index in [-0.39, 0.29) is 17.5 Å². The Labute approximate surface area is 152 Å². The van der Waals surface area contributed by atoms with Crippen LogP contribution in [0, 0.1) is 6.92 Å². The summed E-state index contributed by atoms with van der Waals surface area (Å²) in [6.45, 7) is 5.95. The molecule has 0 amide bonds. The summed E-state index contributed by atoms with van der Waals surface area (Å²) in [5.41, 5.74) is 2.44. The first-order chi connectivity index (χ1) is 11.8. The second kappa shape index (κ2) is 6.65. The molecule has 25 heavy (non-hydrogen) atoms. The average Bonchev–Trinajstić information content (AvgIpc) is 3.02. The number of hydrogen-bond acceptors (Lipinski definition) is 5. The fourth-order valence-corrected chi connectivity index (χ4v) is 5.05. The van der Waals surface area contributed by atoms with Gasteiger partial charge in [-0.25, -0.2) is 8.42 Å². The average molecular weight is 377 g/mol. The van der Waals surface area contributed by atoms with Crippen LogP contribution in [0.2, 0.25) is 0 Å². The van der Waals surface area contributed by atoms with Gasteiger partial charge in [-0.2, -0.15) is 0 Å². The summed E-state index contributed by atoms with van der Waals surface area (Å²) >= 11 is 1.26. The SMILES string of the molecule is Cc1ccc(CN2c3ccsc3C(=O)/C(=C/NC(C)C)S2(=O)=O)cc1. The van der Waals surface area contributed by atoms with Gasteiger partial charge in [0.25, 0.3) is 10.0 Å². The standard InChI is InChI=1S/C18H20N2O3S2/c1-12(2)19-10-16-17(21)18-15(8-9-24-18)20(25(16,22)23)11-14-6-4-13(3)5-7-14/h4-10,12,19H,11H2,1-3H3/b16-10-. The summed E-state index contributed by atoms with van der Waals surface area (Å²) in [5, 5.41) is 4.68. The monoisotopic (exact) mass is 376 g/mol. The predicted molar refractivity (Wildman–Crippen MR) is 101 cm³/mol. The summed E-state index contributed by atoms with van der Waals surface area (Å²) in [4.78, 5) is 12.9. The van der Waals surface area contributed by atoms with E-state index in [0.29, 0.717) is 10.6 Å². The zero-order valence-electron chi connectivity index (χ0n) is 14.3. The van der Waals surface area contributed by atoms with E-state index in [0.717, 1.165) is 11.1 Å². The van der Waals surface area contributed by atoms with Crippen molar-refractivity contribution in [3.05, 3.63) is 62.8 Å². The number of Topliss-reactive ketones (excluding diaryl/α,β-unsaturated/α-hetero) is 1. The largest absolute Gasteiger partial charge is 0.387 e. The lowest BCUT2D eigenvalue weighted by Crippen LogP contribution is -2.39. The minimum absolute atomic E-state index is 0.0331. The molecular weight excluding hydrogens is 356 g/mol. The van der Waals surface area contributed by atoms with Crippen molar-refractivity contribution >= 4 is 32.8 Å². The van der Waals surface area contributed by atoms with E-state index < -0.39 is 15.8 Å². The van der Waals surface area contributed by atoms with Crippen LogP contribution in [0.15, 0.2) is 46.8 Å². The Kier molecular flexibility index (Phi) is 4.71. The molecule has 1 aliphatic rings. The quantitative estimate of drug-likeness (QED) is 0.830. The molecule has 5 nitrogen and oxygen atoms in total. The maximum Gasteiger partial charge on any atom is 0.270 e. The highest BCUT2D eigenvalue weighted by molar-refractivity contribution is 7.97. The number of benzene rings is 1. The first-order valence-corrected chi connectivity index (χ1v) is 10.3. The van der Waals surface area contributed by atoms with Crippen molar-refractivity contribution in [2.24, 2.45) is 0 Å². The molecule has 1 aromatic heterocycles. The van der Waals surface area contributed by atoms with Crippen LogP contribution in [0.5, 0.6) is 0 Å². The van der Waals surface area contributed by atoms with Crippen molar-refractivity contribution < 1.29 is 13.2 Å². The molecule has 0 atom stereocenters. The van der Waals surface area contributed by atoms with Crippen LogP contribution >= 0.6 is 11.3 Å². The van der Waals surface area contributed by atoms with Gasteiger partial charge in [-0.15, -0.1) is 11.3 Å². The van der Waals surface area contributed by atoms with E-state index in [2.05, 4.69) is 5.32 Å². The summed E-state index contributed by atoms with van der Waals surface area (Å²) in [6.07, 6.45) is 1.33. The Morgan fingerprint density at radius 2 is 1.88 bits per heavy atom.